The second-order valence-corrected chi connectivity index (χ2v) is 11.1. The van der Waals surface area contributed by atoms with Gasteiger partial charge in [0.2, 0.25) is 10.9 Å². The second kappa shape index (κ2) is 12.1. The normalized spacial score (nSPS) is 15.1. The number of aliphatic hydroxyl groups excluding tert-OH is 1. The molecule has 1 amide bonds. The number of hydrogen-bond donors (Lipinski definition) is 1. The van der Waals surface area contributed by atoms with E-state index in [4.69, 9.17) is 13.9 Å². The molecule has 0 fully saturated rings. The smallest absolute Gasteiger partial charge is 0.296 e. The number of aromatic nitrogens is 2. The van der Waals surface area contributed by atoms with Crippen molar-refractivity contribution in [3.05, 3.63) is 94.4 Å². The Bertz CT molecular complexity index is 1610. The van der Waals surface area contributed by atoms with Crippen molar-refractivity contribution in [3.63, 3.8) is 0 Å². The van der Waals surface area contributed by atoms with Gasteiger partial charge in [0.1, 0.15) is 11.6 Å². The number of rotatable bonds is 11. The van der Waals surface area contributed by atoms with Gasteiger partial charge >= 0.3 is 0 Å². The molecule has 0 saturated carbocycles. The lowest BCUT2D eigenvalue weighted by Crippen LogP contribution is -2.31. The standard InChI is InChI=1S/C29H26FN3O6S2/c1-4-37-20-13-9-18(14-22(20)38-5-2)24-23(25(34)21-12-6-16(3)39-21)26(35)27(36)33(24)28-31-32-29(41-28)40-15-17-7-10-19(30)11-8-17/h6-14,24,35H,4-5,15H2,1-3H3. The Morgan fingerprint density at radius 3 is 2.49 bits per heavy atom. The van der Waals surface area contributed by atoms with Crippen molar-refractivity contribution in [3.8, 4) is 11.5 Å². The first kappa shape index (κ1) is 28.4. The van der Waals surface area contributed by atoms with Crippen LogP contribution >= 0.6 is 23.1 Å². The fraction of sp³-hybridized carbons (Fsp3) is 0.241. The van der Waals surface area contributed by atoms with Crippen LogP contribution in [0.15, 0.2) is 74.7 Å². The van der Waals surface area contributed by atoms with Crippen molar-refractivity contribution in [2.45, 2.75) is 36.9 Å². The van der Waals surface area contributed by atoms with Crippen LogP contribution in [-0.2, 0) is 10.5 Å². The summed E-state index contributed by atoms with van der Waals surface area (Å²) in [5, 5.41) is 19.7. The van der Waals surface area contributed by atoms with Crippen LogP contribution in [0.25, 0.3) is 0 Å². The summed E-state index contributed by atoms with van der Waals surface area (Å²) in [6.45, 7) is 6.16. The van der Waals surface area contributed by atoms with Crippen molar-refractivity contribution >= 4 is 39.9 Å². The van der Waals surface area contributed by atoms with Crippen LogP contribution in [0.3, 0.4) is 0 Å². The first-order chi connectivity index (χ1) is 19.8. The Morgan fingerprint density at radius 2 is 1.80 bits per heavy atom. The molecule has 0 saturated heterocycles. The predicted molar refractivity (Wildman–Crippen MR) is 152 cm³/mol. The largest absolute Gasteiger partial charge is 0.503 e. The molecule has 1 N–H and O–H groups in total. The number of amides is 1. The van der Waals surface area contributed by atoms with E-state index in [1.165, 1.54) is 34.9 Å². The average molecular weight is 596 g/mol. The summed E-state index contributed by atoms with van der Waals surface area (Å²) >= 11 is 2.51. The molecule has 0 radical (unpaired) electrons. The van der Waals surface area contributed by atoms with E-state index in [1.807, 2.05) is 13.8 Å². The molecule has 0 aliphatic carbocycles. The first-order valence-corrected chi connectivity index (χ1v) is 14.6. The number of ketones is 1. The van der Waals surface area contributed by atoms with E-state index in [1.54, 1.807) is 43.3 Å². The van der Waals surface area contributed by atoms with E-state index in [2.05, 4.69) is 10.2 Å². The molecule has 2 aromatic heterocycles. The summed E-state index contributed by atoms with van der Waals surface area (Å²) in [5.74, 6) is -0.486. The minimum atomic E-state index is -1.04. The van der Waals surface area contributed by atoms with Gasteiger partial charge in [-0.25, -0.2) is 4.39 Å². The van der Waals surface area contributed by atoms with Gasteiger partial charge in [0.05, 0.1) is 24.8 Å². The van der Waals surface area contributed by atoms with Crippen molar-refractivity contribution in [1.29, 1.82) is 0 Å². The number of carbonyl (C=O) groups is 2. The summed E-state index contributed by atoms with van der Waals surface area (Å²) in [4.78, 5) is 28.4. The van der Waals surface area contributed by atoms with Crippen molar-refractivity contribution in [2.75, 3.05) is 18.1 Å². The molecule has 3 heterocycles. The Balaban J connectivity index is 1.53. The molecular formula is C29H26FN3O6S2. The maximum atomic E-state index is 13.6. The molecule has 212 valence electrons. The average Bonchev–Trinajstić information content (AvgIpc) is 3.67. The fourth-order valence-corrected chi connectivity index (χ4v) is 6.18. The number of aryl methyl sites for hydroxylation is 1. The number of ether oxygens (including phenoxy) is 2. The lowest BCUT2D eigenvalue weighted by atomic mass is 9.95. The number of halogens is 1. The van der Waals surface area contributed by atoms with Crippen LogP contribution in [0.1, 0.15) is 47.3 Å². The topological polar surface area (TPSA) is 115 Å². The van der Waals surface area contributed by atoms with Gasteiger partial charge in [-0.05, 0) is 68.3 Å². The van der Waals surface area contributed by atoms with E-state index in [0.717, 1.165) is 16.9 Å². The van der Waals surface area contributed by atoms with Gasteiger partial charge in [-0.2, -0.15) is 0 Å². The van der Waals surface area contributed by atoms with Gasteiger partial charge in [0.15, 0.2) is 27.4 Å². The summed E-state index contributed by atoms with van der Waals surface area (Å²) in [6, 6.07) is 13.3. The van der Waals surface area contributed by atoms with Gasteiger partial charge < -0.3 is 19.0 Å². The van der Waals surface area contributed by atoms with Gasteiger partial charge in [-0.15, -0.1) is 10.2 Å². The number of furan rings is 1. The SMILES string of the molecule is CCOc1ccc(C2C(C(=O)c3ccc(C)o3)=C(O)C(=O)N2c2nnc(SCc3ccc(F)cc3)s2)cc1OCC. The first-order valence-electron chi connectivity index (χ1n) is 12.8. The number of hydrogen-bond acceptors (Lipinski definition) is 10. The molecule has 9 nitrogen and oxygen atoms in total. The third kappa shape index (κ3) is 5.84. The van der Waals surface area contributed by atoms with E-state index < -0.39 is 23.5 Å². The van der Waals surface area contributed by atoms with Crippen molar-refractivity contribution in [1.82, 2.24) is 10.2 Å². The molecule has 4 aromatic rings. The Labute approximate surface area is 243 Å². The van der Waals surface area contributed by atoms with Crippen molar-refractivity contribution in [2.24, 2.45) is 0 Å². The zero-order valence-electron chi connectivity index (χ0n) is 22.4. The second-order valence-electron chi connectivity index (χ2n) is 8.92. The van der Waals surface area contributed by atoms with Crippen LogP contribution in [0, 0.1) is 12.7 Å². The number of aliphatic hydroxyl groups is 1. The molecule has 0 bridgehead atoms. The third-order valence-corrected chi connectivity index (χ3v) is 8.30. The fourth-order valence-electron chi connectivity index (χ4n) is 4.36. The lowest BCUT2D eigenvalue weighted by Gasteiger charge is -2.24. The summed E-state index contributed by atoms with van der Waals surface area (Å²) in [5.41, 5.74) is 1.24. The van der Waals surface area contributed by atoms with Crippen molar-refractivity contribution < 1.29 is 33.0 Å². The minimum Gasteiger partial charge on any atom is -0.503 e. The Kier molecular flexibility index (Phi) is 8.41. The molecule has 1 unspecified atom stereocenters. The van der Waals surface area contributed by atoms with Gasteiger partial charge in [-0.1, -0.05) is 41.3 Å². The van der Waals surface area contributed by atoms with E-state index in [0.29, 0.717) is 46.1 Å². The van der Waals surface area contributed by atoms with Crippen LogP contribution in [0.4, 0.5) is 9.52 Å². The Hall–Kier alpha value is -4.16. The molecule has 1 atom stereocenters. The van der Waals surface area contributed by atoms with Crippen LogP contribution in [0.5, 0.6) is 11.5 Å². The highest BCUT2D eigenvalue weighted by Gasteiger charge is 2.47. The van der Waals surface area contributed by atoms with Crippen LogP contribution < -0.4 is 14.4 Å². The van der Waals surface area contributed by atoms with Crippen LogP contribution in [0.2, 0.25) is 0 Å². The molecular weight excluding hydrogens is 569 g/mol. The van der Waals surface area contributed by atoms with E-state index >= 15 is 0 Å². The summed E-state index contributed by atoms with van der Waals surface area (Å²) in [6.07, 6.45) is 0. The van der Waals surface area contributed by atoms with Gasteiger partial charge in [0, 0.05) is 5.75 Å². The monoisotopic (exact) mass is 595 g/mol. The molecule has 12 heteroatoms. The minimum absolute atomic E-state index is 0.00697. The number of nitrogens with zero attached hydrogens (tertiary/aromatic N) is 3. The third-order valence-electron chi connectivity index (χ3n) is 6.18. The Morgan fingerprint density at radius 1 is 1.07 bits per heavy atom. The molecule has 0 spiro atoms. The number of thioether (sulfide) groups is 1. The maximum absolute atomic E-state index is 13.6. The number of benzene rings is 2. The molecule has 2 aromatic carbocycles. The molecule has 41 heavy (non-hydrogen) atoms. The zero-order chi connectivity index (χ0) is 29.1. The van der Waals surface area contributed by atoms with E-state index in [9.17, 15) is 19.1 Å². The molecule has 5 rings (SSSR count). The highest BCUT2D eigenvalue weighted by Crippen LogP contribution is 2.45. The van der Waals surface area contributed by atoms with E-state index in [-0.39, 0.29) is 22.3 Å². The zero-order valence-corrected chi connectivity index (χ0v) is 24.1. The van der Waals surface area contributed by atoms with Crippen LogP contribution in [-0.4, -0.2) is 40.2 Å². The van der Waals surface area contributed by atoms with Gasteiger partial charge in [0.25, 0.3) is 5.91 Å². The predicted octanol–water partition coefficient (Wildman–Crippen LogP) is 6.45. The summed E-state index contributed by atoms with van der Waals surface area (Å²) < 4.78 is 30.8. The van der Waals surface area contributed by atoms with Gasteiger partial charge in [-0.3, -0.25) is 14.5 Å². The number of Topliss-reactive ketones (excluding diaryl/α,β-unsaturated/α-hetero) is 1. The number of carbonyl (C=O) groups excluding carboxylic acids is 2. The highest BCUT2D eigenvalue weighted by molar-refractivity contribution is 8.00. The molecule has 1 aliphatic rings. The quantitative estimate of drug-likeness (QED) is 0.119. The lowest BCUT2D eigenvalue weighted by molar-refractivity contribution is -0.117. The summed E-state index contributed by atoms with van der Waals surface area (Å²) in [7, 11) is 0. The highest BCUT2D eigenvalue weighted by atomic mass is 32.2. The molecule has 1 aliphatic heterocycles. The number of anilines is 1. The maximum Gasteiger partial charge on any atom is 0.296 e.